The molecule has 0 aliphatic heterocycles. The van der Waals surface area contributed by atoms with Crippen LogP contribution in [-0.4, -0.2) is 15.6 Å². The Bertz CT molecular complexity index is 1070. The SMILES string of the molecule is Cc1cn(Cc2c(Cl)ccc(C(=O)O)c2I)c2c(C)cc(C(F)(F)F)cc12. The zero-order valence-electron chi connectivity index (χ0n) is 14.3. The molecule has 0 saturated carbocycles. The molecule has 0 fully saturated rings. The molecule has 0 bridgehead atoms. The highest BCUT2D eigenvalue weighted by molar-refractivity contribution is 14.1. The number of fused-ring (bicyclic) bond motifs is 1. The molecule has 0 aliphatic rings. The molecule has 0 radical (unpaired) electrons. The van der Waals surface area contributed by atoms with E-state index in [1.807, 2.05) is 27.2 Å². The number of aromatic carboxylic acids is 1. The van der Waals surface area contributed by atoms with Gasteiger partial charge in [-0.05, 0) is 71.8 Å². The fourth-order valence-corrected chi connectivity index (χ4v) is 4.44. The lowest BCUT2D eigenvalue weighted by Gasteiger charge is -2.14. The number of alkyl halides is 3. The van der Waals surface area contributed by atoms with E-state index < -0.39 is 17.7 Å². The van der Waals surface area contributed by atoms with Crippen molar-refractivity contribution in [3.63, 3.8) is 0 Å². The summed E-state index contributed by atoms with van der Waals surface area (Å²) in [6.07, 6.45) is -2.65. The molecule has 0 spiro atoms. The number of carbonyl (C=O) groups is 1. The number of aromatic nitrogens is 1. The second kappa shape index (κ2) is 7.01. The Hall–Kier alpha value is -1.74. The molecule has 1 heterocycles. The monoisotopic (exact) mass is 507 g/mol. The van der Waals surface area contributed by atoms with Gasteiger partial charge in [0, 0.05) is 25.7 Å². The second-order valence-corrected chi connectivity index (χ2v) is 7.81. The van der Waals surface area contributed by atoms with E-state index >= 15 is 0 Å². The smallest absolute Gasteiger partial charge is 0.416 e. The van der Waals surface area contributed by atoms with Crippen LogP contribution >= 0.6 is 34.2 Å². The highest BCUT2D eigenvalue weighted by Gasteiger charge is 2.31. The first-order chi connectivity index (χ1) is 12.5. The number of hydrogen-bond acceptors (Lipinski definition) is 1. The maximum atomic E-state index is 13.1. The van der Waals surface area contributed by atoms with E-state index in [2.05, 4.69) is 0 Å². The fourth-order valence-electron chi connectivity index (χ4n) is 3.20. The van der Waals surface area contributed by atoms with Gasteiger partial charge in [-0.1, -0.05) is 11.6 Å². The van der Waals surface area contributed by atoms with E-state index in [9.17, 15) is 23.1 Å². The molecular formula is C19H14ClF3INO2. The fraction of sp³-hybridized carbons (Fsp3) is 0.211. The van der Waals surface area contributed by atoms with Crippen LogP contribution < -0.4 is 0 Å². The molecule has 0 amide bonds. The molecule has 27 heavy (non-hydrogen) atoms. The molecule has 1 N–H and O–H groups in total. The Morgan fingerprint density at radius 3 is 2.48 bits per heavy atom. The first kappa shape index (κ1) is 20.0. The Labute approximate surface area is 171 Å². The molecule has 0 unspecified atom stereocenters. The van der Waals surface area contributed by atoms with Crippen molar-refractivity contribution in [2.24, 2.45) is 0 Å². The third-order valence-corrected chi connectivity index (χ3v) is 6.02. The number of nitrogens with zero attached hydrogens (tertiary/aromatic N) is 1. The lowest BCUT2D eigenvalue weighted by molar-refractivity contribution is -0.137. The van der Waals surface area contributed by atoms with Crippen LogP contribution in [0, 0.1) is 17.4 Å². The first-order valence-electron chi connectivity index (χ1n) is 7.88. The van der Waals surface area contributed by atoms with Crippen LogP contribution in [0.15, 0.2) is 30.5 Å². The number of carboxylic acids is 1. The molecule has 3 rings (SSSR count). The zero-order valence-corrected chi connectivity index (χ0v) is 17.2. The molecule has 1 aromatic heterocycles. The minimum atomic E-state index is -4.41. The minimum absolute atomic E-state index is 0.138. The molecule has 3 nitrogen and oxygen atoms in total. The van der Waals surface area contributed by atoms with Gasteiger partial charge in [0.15, 0.2) is 0 Å². The number of benzene rings is 2. The maximum Gasteiger partial charge on any atom is 0.416 e. The van der Waals surface area contributed by atoms with Crippen molar-refractivity contribution >= 4 is 51.1 Å². The molecule has 142 valence electrons. The zero-order chi connectivity index (χ0) is 20.1. The van der Waals surface area contributed by atoms with E-state index in [1.54, 1.807) is 20.0 Å². The Kier molecular flexibility index (Phi) is 5.20. The van der Waals surface area contributed by atoms with E-state index in [0.717, 1.165) is 12.1 Å². The van der Waals surface area contributed by atoms with Crippen molar-refractivity contribution in [1.82, 2.24) is 4.57 Å². The molecule has 0 saturated heterocycles. The van der Waals surface area contributed by atoms with Gasteiger partial charge >= 0.3 is 12.1 Å². The summed E-state index contributed by atoms with van der Waals surface area (Å²) in [5.74, 6) is -1.06. The quantitative estimate of drug-likeness (QED) is 0.424. The van der Waals surface area contributed by atoms with Crippen molar-refractivity contribution in [2.75, 3.05) is 0 Å². The van der Waals surface area contributed by atoms with Crippen LogP contribution in [0.2, 0.25) is 5.02 Å². The van der Waals surface area contributed by atoms with Gasteiger partial charge in [0.2, 0.25) is 0 Å². The first-order valence-corrected chi connectivity index (χ1v) is 9.34. The topological polar surface area (TPSA) is 42.2 Å². The average molecular weight is 508 g/mol. The predicted octanol–water partition coefficient (Wildman–Crippen LogP) is 6.28. The number of aryl methyl sites for hydroxylation is 2. The van der Waals surface area contributed by atoms with Crippen molar-refractivity contribution in [1.29, 1.82) is 0 Å². The van der Waals surface area contributed by atoms with Crippen molar-refractivity contribution in [3.05, 3.63) is 66.9 Å². The highest BCUT2D eigenvalue weighted by atomic mass is 127. The van der Waals surface area contributed by atoms with Crippen LogP contribution in [0.4, 0.5) is 13.2 Å². The molecule has 0 aliphatic carbocycles. The lowest BCUT2D eigenvalue weighted by atomic mass is 10.0. The molecule has 3 aromatic rings. The van der Waals surface area contributed by atoms with Gasteiger partial charge in [-0.3, -0.25) is 0 Å². The third kappa shape index (κ3) is 3.67. The number of carboxylic acid groups (broad SMARTS) is 1. The molecule has 2 aromatic carbocycles. The molecule has 0 atom stereocenters. The minimum Gasteiger partial charge on any atom is -0.478 e. The largest absolute Gasteiger partial charge is 0.478 e. The van der Waals surface area contributed by atoms with Gasteiger partial charge in [-0.15, -0.1) is 0 Å². The summed E-state index contributed by atoms with van der Waals surface area (Å²) in [7, 11) is 0. The summed E-state index contributed by atoms with van der Waals surface area (Å²) in [6.45, 7) is 3.64. The van der Waals surface area contributed by atoms with E-state index in [1.165, 1.54) is 12.1 Å². The Morgan fingerprint density at radius 1 is 1.22 bits per heavy atom. The normalized spacial score (nSPS) is 12.0. The predicted molar refractivity (Wildman–Crippen MR) is 107 cm³/mol. The van der Waals surface area contributed by atoms with Crippen LogP contribution in [-0.2, 0) is 12.7 Å². The average Bonchev–Trinajstić information content (AvgIpc) is 2.87. The summed E-state index contributed by atoms with van der Waals surface area (Å²) in [5, 5.41) is 10.2. The van der Waals surface area contributed by atoms with Gasteiger partial charge in [0.1, 0.15) is 0 Å². The maximum absolute atomic E-state index is 13.1. The number of halogens is 5. The summed E-state index contributed by atoms with van der Waals surface area (Å²) in [6, 6.07) is 5.23. The summed E-state index contributed by atoms with van der Waals surface area (Å²) in [4.78, 5) is 11.4. The van der Waals surface area contributed by atoms with Crippen LogP contribution in [0.3, 0.4) is 0 Å². The van der Waals surface area contributed by atoms with Gasteiger partial charge in [0.05, 0.1) is 23.2 Å². The standard InChI is InChI=1S/C19H14ClF3INO2/c1-9-5-11(19(21,22)23)6-13-10(2)7-25(17(9)13)8-14-15(20)4-3-12(16(14)24)18(26)27/h3-7H,8H2,1-2H3,(H,26,27). The van der Waals surface area contributed by atoms with Crippen molar-refractivity contribution < 1.29 is 23.1 Å². The van der Waals surface area contributed by atoms with Gasteiger partial charge in [-0.25, -0.2) is 4.79 Å². The van der Waals surface area contributed by atoms with Crippen LogP contribution in [0.1, 0.15) is 32.6 Å². The van der Waals surface area contributed by atoms with Crippen molar-refractivity contribution in [2.45, 2.75) is 26.6 Å². The van der Waals surface area contributed by atoms with E-state index in [-0.39, 0.29) is 12.1 Å². The third-order valence-electron chi connectivity index (χ3n) is 4.43. The van der Waals surface area contributed by atoms with Crippen molar-refractivity contribution in [3.8, 4) is 0 Å². The Morgan fingerprint density at radius 2 is 1.89 bits per heavy atom. The number of rotatable bonds is 3. The van der Waals surface area contributed by atoms with Crippen LogP contribution in [0.5, 0.6) is 0 Å². The summed E-state index contributed by atoms with van der Waals surface area (Å²) in [5.41, 5.74) is 1.95. The van der Waals surface area contributed by atoms with Gasteiger partial charge < -0.3 is 9.67 Å². The molecule has 8 heteroatoms. The lowest BCUT2D eigenvalue weighted by Crippen LogP contribution is -2.08. The second-order valence-electron chi connectivity index (χ2n) is 6.32. The highest BCUT2D eigenvalue weighted by Crippen LogP contribution is 2.36. The number of hydrogen-bond donors (Lipinski definition) is 1. The molecular weight excluding hydrogens is 494 g/mol. The van der Waals surface area contributed by atoms with E-state index in [4.69, 9.17) is 11.6 Å². The Balaban J connectivity index is 2.18. The van der Waals surface area contributed by atoms with Gasteiger partial charge in [-0.2, -0.15) is 13.2 Å². The van der Waals surface area contributed by atoms with Gasteiger partial charge in [0.25, 0.3) is 0 Å². The summed E-state index contributed by atoms with van der Waals surface area (Å²) < 4.78 is 41.7. The van der Waals surface area contributed by atoms with Crippen LogP contribution in [0.25, 0.3) is 10.9 Å². The summed E-state index contributed by atoms with van der Waals surface area (Å²) >= 11 is 8.22. The van der Waals surface area contributed by atoms with E-state index in [0.29, 0.717) is 36.2 Å².